The first-order valence-electron chi connectivity index (χ1n) is 2.20. The summed E-state index contributed by atoms with van der Waals surface area (Å²) in [6, 6.07) is -1.46. The third kappa shape index (κ3) is 5.58. The van der Waals surface area contributed by atoms with E-state index in [9.17, 15) is 19.8 Å². The molecule has 0 aliphatic heterocycles. The van der Waals surface area contributed by atoms with E-state index in [4.69, 9.17) is 5.73 Å². The van der Waals surface area contributed by atoms with Crippen molar-refractivity contribution >= 4 is 29.5 Å². The Bertz CT molecular complexity index is 137. The number of carboxylic acid groups (broad SMARTS) is 2. The fourth-order valence-corrected chi connectivity index (χ4v) is 0.263. The molecule has 0 fully saturated rings. The first-order chi connectivity index (χ1) is 4.04. The number of aliphatic carboxylic acids is 2. The Morgan fingerprint density at radius 1 is 1.40 bits per heavy atom. The van der Waals surface area contributed by atoms with Gasteiger partial charge in [-0.05, 0) is 0 Å². The summed E-state index contributed by atoms with van der Waals surface area (Å²) in [4.78, 5) is 19.3. The van der Waals surface area contributed by atoms with Crippen molar-refractivity contribution in [2.24, 2.45) is 5.73 Å². The zero-order chi connectivity index (χ0) is 7.44. The summed E-state index contributed by atoms with van der Waals surface area (Å²) < 4.78 is 0. The van der Waals surface area contributed by atoms with Crippen LogP contribution in [0.1, 0.15) is 6.42 Å². The van der Waals surface area contributed by atoms with Crippen molar-refractivity contribution < 1.29 is 19.8 Å². The topological polar surface area (TPSA) is 106 Å². The van der Waals surface area contributed by atoms with Crippen LogP contribution in [-0.4, -0.2) is 35.6 Å². The normalized spacial score (nSPS) is 11.3. The van der Waals surface area contributed by atoms with E-state index < -0.39 is 24.4 Å². The van der Waals surface area contributed by atoms with Crippen LogP contribution in [-0.2, 0) is 9.59 Å². The van der Waals surface area contributed by atoms with E-state index in [0.29, 0.717) is 0 Å². The van der Waals surface area contributed by atoms with Crippen molar-refractivity contribution in [3.05, 3.63) is 0 Å². The van der Waals surface area contributed by atoms with Crippen LogP contribution in [0.15, 0.2) is 0 Å². The predicted molar refractivity (Wildman–Crippen MR) is 28.4 cm³/mol. The summed E-state index contributed by atoms with van der Waals surface area (Å²) in [5.41, 5.74) is 4.73. The maximum atomic E-state index is 9.71. The van der Waals surface area contributed by atoms with Crippen LogP contribution >= 0.6 is 0 Å². The van der Waals surface area contributed by atoms with E-state index in [-0.39, 0.29) is 17.6 Å². The smallest absolute Gasteiger partial charge is 0.0586 e. The third-order valence-electron chi connectivity index (χ3n) is 0.689. The summed E-state index contributed by atoms with van der Waals surface area (Å²) in [5, 5.41) is 19.3. The molecule has 0 bridgehead atoms. The monoisotopic (exact) mass is 205 g/mol. The van der Waals surface area contributed by atoms with Gasteiger partial charge in [0.1, 0.15) is 0 Å². The summed E-state index contributed by atoms with van der Waals surface area (Å²) in [6.45, 7) is 0. The molecule has 0 aliphatic carbocycles. The molecular weight excluding hydrogens is 199 g/mol. The minimum absolute atomic E-state index is 0. The number of carbonyl (C=O) groups is 2. The third-order valence-corrected chi connectivity index (χ3v) is 0.689. The van der Waals surface area contributed by atoms with Crippen LogP contribution in [0.5, 0.6) is 0 Å². The molecule has 1 atom stereocenters. The SMILES string of the molecule is N[C@@H](CC(=O)[O-])C(=O)[O-].[Ge]. The Morgan fingerprint density at radius 3 is 1.90 bits per heavy atom. The van der Waals surface area contributed by atoms with Gasteiger partial charge in [-0.25, -0.2) is 0 Å². The van der Waals surface area contributed by atoms with Crippen molar-refractivity contribution in [1.82, 2.24) is 0 Å². The minimum atomic E-state index is -1.58. The zero-order valence-electron chi connectivity index (χ0n) is 4.99. The fourth-order valence-electron chi connectivity index (χ4n) is 0.263. The fraction of sp³-hybridized carbons (Fsp3) is 0.500. The molecule has 0 amide bonds. The van der Waals surface area contributed by atoms with Gasteiger partial charge < -0.3 is 25.5 Å². The molecule has 10 heavy (non-hydrogen) atoms. The summed E-state index contributed by atoms with van der Waals surface area (Å²) >= 11 is 0. The van der Waals surface area contributed by atoms with Gasteiger partial charge in [-0.1, -0.05) is 0 Å². The molecule has 6 heteroatoms. The molecule has 0 saturated carbocycles. The molecule has 0 rings (SSSR count). The van der Waals surface area contributed by atoms with Gasteiger partial charge in [-0.2, -0.15) is 0 Å². The summed E-state index contributed by atoms with van der Waals surface area (Å²) in [7, 11) is 0. The predicted octanol–water partition coefficient (Wildman–Crippen LogP) is -4.18. The van der Waals surface area contributed by atoms with Crippen molar-refractivity contribution in [3.63, 3.8) is 0 Å². The molecule has 0 aliphatic rings. The van der Waals surface area contributed by atoms with E-state index in [1.54, 1.807) is 0 Å². The molecular formula is C4H5GeNO4-2. The second-order valence-electron chi connectivity index (χ2n) is 1.50. The van der Waals surface area contributed by atoms with Gasteiger partial charge >= 0.3 is 0 Å². The van der Waals surface area contributed by atoms with Gasteiger partial charge in [0.2, 0.25) is 0 Å². The molecule has 0 spiro atoms. The average molecular weight is 204 g/mol. The number of rotatable bonds is 3. The maximum absolute atomic E-state index is 9.71. The number of hydrogen-bond acceptors (Lipinski definition) is 5. The van der Waals surface area contributed by atoms with E-state index in [2.05, 4.69) is 0 Å². The van der Waals surface area contributed by atoms with Gasteiger partial charge in [0.05, 0.1) is 5.97 Å². The van der Waals surface area contributed by atoms with Crippen LogP contribution in [0.25, 0.3) is 0 Å². The van der Waals surface area contributed by atoms with Crippen LogP contribution < -0.4 is 15.9 Å². The molecule has 0 aromatic heterocycles. The molecule has 0 heterocycles. The standard InChI is InChI=1S/C4H7NO4.Ge/c5-2(4(8)9)1-3(6)7;/h2H,1,5H2,(H,6,7)(H,8,9);/p-2/t2-;/m0./s1. The number of carboxylic acids is 2. The van der Waals surface area contributed by atoms with Gasteiger partial charge in [0.25, 0.3) is 0 Å². The number of hydrogen-bond donors (Lipinski definition) is 1. The molecule has 56 valence electrons. The van der Waals surface area contributed by atoms with E-state index >= 15 is 0 Å². The molecule has 4 radical (unpaired) electrons. The second kappa shape index (κ2) is 5.25. The van der Waals surface area contributed by atoms with Crippen molar-refractivity contribution in [3.8, 4) is 0 Å². The quantitative estimate of drug-likeness (QED) is 0.469. The first-order valence-corrected chi connectivity index (χ1v) is 2.20. The summed E-state index contributed by atoms with van der Waals surface area (Å²) in [6.07, 6.45) is -0.706. The zero-order valence-corrected chi connectivity index (χ0v) is 7.09. The first kappa shape index (κ1) is 12.2. The van der Waals surface area contributed by atoms with Gasteiger partial charge in [0.15, 0.2) is 0 Å². The van der Waals surface area contributed by atoms with Crippen LogP contribution in [0.4, 0.5) is 0 Å². The van der Waals surface area contributed by atoms with Crippen LogP contribution in [0.2, 0.25) is 0 Å². The Hall–Kier alpha value is -0.557. The van der Waals surface area contributed by atoms with E-state index in [1.807, 2.05) is 0 Å². The van der Waals surface area contributed by atoms with Crippen molar-refractivity contribution in [1.29, 1.82) is 0 Å². The second-order valence-corrected chi connectivity index (χ2v) is 1.50. The number of carbonyl (C=O) groups excluding carboxylic acids is 2. The Balaban J connectivity index is 0. The van der Waals surface area contributed by atoms with E-state index in [0.717, 1.165) is 0 Å². The van der Waals surface area contributed by atoms with Crippen molar-refractivity contribution in [2.45, 2.75) is 12.5 Å². The average Bonchev–Trinajstić information content (AvgIpc) is 1.63. The largest absolute Gasteiger partial charge is 0.550 e. The van der Waals surface area contributed by atoms with Gasteiger partial charge in [-0.15, -0.1) is 0 Å². The van der Waals surface area contributed by atoms with Crippen molar-refractivity contribution in [2.75, 3.05) is 0 Å². The Labute approximate surface area is 68.2 Å². The molecule has 0 aromatic rings. The van der Waals surface area contributed by atoms with Crippen LogP contribution in [0, 0.1) is 0 Å². The van der Waals surface area contributed by atoms with Crippen LogP contribution in [0.3, 0.4) is 0 Å². The van der Waals surface area contributed by atoms with E-state index in [1.165, 1.54) is 0 Å². The van der Waals surface area contributed by atoms with Gasteiger partial charge in [-0.3, -0.25) is 0 Å². The Kier molecular flexibility index (Phi) is 6.37. The molecule has 0 unspecified atom stereocenters. The summed E-state index contributed by atoms with van der Waals surface area (Å²) in [5.74, 6) is -3.08. The molecule has 2 N–H and O–H groups in total. The van der Waals surface area contributed by atoms with Gasteiger partial charge in [0, 0.05) is 36.0 Å². The molecule has 0 saturated heterocycles. The molecule has 0 aromatic carbocycles. The number of nitrogens with two attached hydrogens (primary N) is 1. The molecule has 5 nitrogen and oxygen atoms in total. The minimum Gasteiger partial charge on any atom is -0.550 e. The maximum Gasteiger partial charge on any atom is 0.0586 e. The Morgan fingerprint density at radius 2 is 1.80 bits per heavy atom.